The van der Waals surface area contributed by atoms with Crippen LogP contribution in [0.5, 0.6) is 0 Å². The lowest BCUT2D eigenvalue weighted by Gasteiger charge is -2.49. The summed E-state index contributed by atoms with van der Waals surface area (Å²) >= 11 is 0. The van der Waals surface area contributed by atoms with Gasteiger partial charge in [-0.15, -0.1) is 0 Å². The van der Waals surface area contributed by atoms with Gasteiger partial charge >= 0.3 is 0 Å². The van der Waals surface area contributed by atoms with Crippen molar-refractivity contribution in [3.8, 4) is 0 Å². The van der Waals surface area contributed by atoms with Crippen LogP contribution < -0.4 is 5.32 Å². The van der Waals surface area contributed by atoms with Gasteiger partial charge in [-0.25, -0.2) is 0 Å². The molecular weight excluding hydrogens is 254 g/mol. The molecule has 1 saturated carbocycles. The van der Waals surface area contributed by atoms with Gasteiger partial charge in [0.15, 0.2) is 5.76 Å². The van der Waals surface area contributed by atoms with Crippen LogP contribution in [0.4, 0.5) is 0 Å². The van der Waals surface area contributed by atoms with Crippen LogP contribution in [0.15, 0.2) is 10.6 Å². The Kier molecular flexibility index (Phi) is 4.38. The molecule has 2 aliphatic rings. The topological polar surface area (TPSA) is 50.5 Å². The van der Waals surface area contributed by atoms with E-state index in [0.29, 0.717) is 12.1 Å². The Labute approximate surface area is 120 Å². The minimum Gasteiger partial charge on any atom is -0.377 e. The first-order valence-electron chi connectivity index (χ1n) is 7.72. The third-order valence-corrected chi connectivity index (χ3v) is 4.71. The maximum absolute atomic E-state index is 5.31. The van der Waals surface area contributed by atoms with Crippen molar-refractivity contribution in [2.24, 2.45) is 0 Å². The van der Waals surface area contributed by atoms with E-state index in [1.165, 1.54) is 32.1 Å². The average Bonchev–Trinajstić information content (AvgIpc) is 2.91. The number of rotatable bonds is 4. The predicted molar refractivity (Wildman–Crippen MR) is 76.3 cm³/mol. The van der Waals surface area contributed by atoms with Crippen molar-refractivity contribution in [3.63, 3.8) is 0 Å². The van der Waals surface area contributed by atoms with Crippen molar-refractivity contribution in [2.45, 2.75) is 50.8 Å². The molecule has 5 nitrogen and oxygen atoms in total. The molecule has 3 rings (SSSR count). The summed E-state index contributed by atoms with van der Waals surface area (Å²) in [5, 5.41) is 7.77. The van der Waals surface area contributed by atoms with Crippen LogP contribution in [0, 0.1) is 0 Å². The highest BCUT2D eigenvalue weighted by Gasteiger charge is 2.39. The molecule has 2 heterocycles. The third kappa shape index (κ3) is 2.90. The second-order valence-electron chi connectivity index (χ2n) is 6.10. The molecule has 20 heavy (non-hydrogen) atoms. The van der Waals surface area contributed by atoms with Gasteiger partial charge in [-0.2, -0.15) is 0 Å². The zero-order valence-electron chi connectivity index (χ0n) is 12.4. The molecular formula is C15H25N3O2. The number of nitrogens with one attached hydrogen (secondary N) is 1. The summed E-state index contributed by atoms with van der Waals surface area (Å²) in [5.74, 6) is 0.815. The molecule has 0 bridgehead atoms. The average molecular weight is 279 g/mol. The van der Waals surface area contributed by atoms with E-state index in [1.54, 1.807) is 7.11 Å². The van der Waals surface area contributed by atoms with Crippen molar-refractivity contribution in [1.82, 2.24) is 15.4 Å². The van der Waals surface area contributed by atoms with E-state index < -0.39 is 0 Å². The summed E-state index contributed by atoms with van der Waals surface area (Å²) in [5.41, 5.74) is 1.38. The van der Waals surface area contributed by atoms with Gasteiger partial charge in [0.05, 0.1) is 5.69 Å². The highest BCUT2D eigenvalue weighted by Crippen LogP contribution is 2.35. The lowest BCUT2D eigenvalue weighted by molar-refractivity contribution is 0.0193. The fraction of sp³-hybridized carbons (Fsp3) is 0.800. The Bertz CT molecular complexity index is 418. The van der Waals surface area contributed by atoms with Gasteiger partial charge in [0.1, 0.15) is 6.61 Å². The van der Waals surface area contributed by atoms with Crippen LogP contribution in [-0.4, -0.2) is 42.3 Å². The molecule has 1 aromatic rings. The summed E-state index contributed by atoms with van der Waals surface area (Å²) in [6, 6.07) is 2.03. The van der Waals surface area contributed by atoms with Crippen LogP contribution in [0.3, 0.4) is 0 Å². The molecule has 112 valence electrons. The standard InChI is InChI=1S/C15H25N3O2/c1-19-11-14-9-13(17-20-14)10-18-8-7-16-12-15(18)5-3-2-4-6-15/h9,16H,2-8,10-12H2,1H3. The molecule has 1 aliphatic carbocycles. The number of hydrogen-bond acceptors (Lipinski definition) is 5. The molecule has 0 aromatic carbocycles. The van der Waals surface area contributed by atoms with Gasteiger partial charge < -0.3 is 14.6 Å². The predicted octanol–water partition coefficient (Wildman–Crippen LogP) is 1.93. The number of methoxy groups -OCH3 is 1. The molecule has 0 atom stereocenters. The Morgan fingerprint density at radius 1 is 1.40 bits per heavy atom. The molecule has 5 heteroatoms. The first-order valence-corrected chi connectivity index (χ1v) is 7.72. The second-order valence-corrected chi connectivity index (χ2v) is 6.10. The normalized spacial score (nSPS) is 23.2. The lowest BCUT2D eigenvalue weighted by atomic mass is 9.79. The first-order chi connectivity index (χ1) is 9.82. The maximum atomic E-state index is 5.31. The zero-order chi connectivity index (χ0) is 13.8. The van der Waals surface area contributed by atoms with Gasteiger partial charge in [-0.3, -0.25) is 4.90 Å². The van der Waals surface area contributed by atoms with E-state index in [-0.39, 0.29) is 0 Å². The number of ether oxygens (including phenoxy) is 1. The smallest absolute Gasteiger partial charge is 0.162 e. The highest BCUT2D eigenvalue weighted by atomic mass is 16.5. The van der Waals surface area contributed by atoms with Gasteiger partial charge in [0, 0.05) is 44.9 Å². The number of piperazine rings is 1. The summed E-state index contributed by atoms with van der Waals surface area (Å²) in [6.07, 6.45) is 6.71. The maximum Gasteiger partial charge on any atom is 0.162 e. The minimum absolute atomic E-state index is 0.344. The van der Waals surface area contributed by atoms with Gasteiger partial charge in [0.2, 0.25) is 0 Å². The van der Waals surface area contributed by atoms with Crippen molar-refractivity contribution in [1.29, 1.82) is 0 Å². The van der Waals surface area contributed by atoms with Crippen molar-refractivity contribution in [2.75, 3.05) is 26.7 Å². The van der Waals surface area contributed by atoms with Crippen LogP contribution in [0.25, 0.3) is 0 Å². The molecule has 0 radical (unpaired) electrons. The van der Waals surface area contributed by atoms with E-state index in [2.05, 4.69) is 15.4 Å². The van der Waals surface area contributed by atoms with Crippen LogP contribution in [-0.2, 0) is 17.9 Å². The SMILES string of the molecule is COCc1cc(CN2CCNCC23CCCCC3)no1. The van der Waals surface area contributed by atoms with E-state index in [9.17, 15) is 0 Å². The first kappa shape index (κ1) is 14.0. The van der Waals surface area contributed by atoms with E-state index in [0.717, 1.165) is 37.6 Å². The number of nitrogens with zero attached hydrogens (tertiary/aromatic N) is 2. The quantitative estimate of drug-likeness (QED) is 0.912. The van der Waals surface area contributed by atoms with Crippen LogP contribution in [0.1, 0.15) is 43.6 Å². The van der Waals surface area contributed by atoms with E-state index in [4.69, 9.17) is 9.26 Å². The Balaban J connectivity index is 1.69. The molecule has 2 fully saturated rings. The summed E-state index contributed by atoms with van der Waals surface area (Å²) in [6.45, 7) is 4.70. The van der Waals surface area contributed by atoms with Crippen LogP contribution >= 0.6 is 0 Å². The zero-order valence-corrected chi connectivity index (χ0v) is 12.4. The van der Waals surface area contributed by atoms with Gasteiger partial charge in [-0.05, 0) is 12.8 Å². The summed E-state index contributed by atoms with van der Waals surface area (Å²) in [4.78, 5) is 2.62. The fourth-order valence-electron chi connectivity index (χ4n) is 3.67. The van der Waals surface area contributed by atoms with E-state index >= 15 is 0 Å². The Morgan fingerprint density at radius 2 is 2.25 bits per heavy atom. The van der Waals surface area contributed by atoms with E-state index in [1.807, 2.05) is 6.07 Å². The Morgan fingerprint density at radius 3 is 3.05 bits per heavy atom. The molecule has 1 saturated heterocycles. The monoisotopic (exact) mass is 279 g/mol. The van der Waals surface area contributed by atoms with Crippen molar-refractivity contribution >= 4 is 0 Å². The lowest BCUT2D eigenvalue weighted by Crippen LogP contribution is -2.61. The second kappa shape index (κ2) is 6.24. The highest BCUT2D eigenvalue weighted by molar-refractivity contribution is 5.07. The third-order valence-electron chi connectivity index (χ3n) is 4.71. The number of aromatic nitrogens is 1. The Hall–Kier alpha value is -0.910. The molecule has 1 aliphatic heterocycles. The molecule has 0 amide bonds. The molecule has 1 aromatic heterocycles. The minimum atomic E-state index is 0.344. The summed E-state index contributed by atoms with van der Waals surface area (Å²) in [7, 11) is 1.68. The molecule has 0 unspecified atom stereocenters. The largest absolute Gasteiger partial charge is 0.377 e. The fourth-order valence-corrected chi connectivity index (χ4v) is 3.67. The van der Waals surface area contributed by atoms with Crippen molar-refractivity contribution < 1.29 is 9.26 Å². The van der Waals surface area contributed by atoms with Crippen LogP contribution in [0.2, 0.25) is 0 Å². The van der Waals surface area contributed by atoms with Crippen molar-refractivity contribution in [3.05, 3.63) is 17.5 Å². The van der Waals surface area contributed by atoms with Gasteiger partial charge in [0.25, 0.3) is 0 Å². The van der Waals surface area contributed by atoms with Gasteiger partial charge in [-0.1, -0.05) is 24.4 Å². The summed E-state index contributed by atoms with van der Waals surface area (Å²) < 4.78 is 10.4. The molecule has 1 spiro atoms. The number of hydrogen-bond donors (Lipinski definition) is 1. The molecule has 1 N–H and O–H groups in total.